The number of morpholine rings is 1. The third-order valence-electron chi connectivity index (χ3n) is 6.95. The molecule has 0 radical (unpaired) electrons. The number of ether oxygens (including phenoxy) is 1. The van der Waals surface area contributed by atoms with Crippen molar-refractivity contribution in [2.75, 3.05) is 46.4 Å². The maximum Gasteiger partial charge on any atom is 0.193 e. The summed E-state index contributed by atoms with van der Waals surface area (Å²) < 4.78 is 6.11. The molecular weight excluding hydrogens is 475 g/mol. The highest BCUT2D eigenvalue weighted by Crippen LogP contribution is 2.34. The quantitative estimate of drug-likeness (QED) is 0.381. The summed E-state index contributed by atoms with van der Waals surface area (Å²) in [6.07, 6.45) is 5.30. The number of rotatable bonds is 4. The van der Waals surface area contributed by atoms with Crippen LogP contribution in [0.1, 0.15) is 44.1 Å². The standard InChI is InChI=1S/C23H36N4O.HI/c1-3-18-15-27(13-11-22(18)19-8-5-4-6-9-19)23(24-2)25-14-21-16-26-12-7-10-20(26)17-28-21;/h4-6,8-9,18,20-22H,3,7,10-17H2,1-2H3,(H,24,25);1H. The number of nitrogens with zero attached hydrogens (tertiary/aromatic N) is 3. The third kappa shape index (κ3) is 5.44. The zero-order valence-corrected chi connectivity index (χ0v) is 20.3. The number of likely N-dealkylation sites (tertiary alicyclic amines) is 1. The van der Waals surface area contributed by atoms with E-state index in [4.69, 9.17) is 4.74 Å². The first-order valence-corrected chi connectivity index (χ1v) is 11.1. The molecule has 1 aromatic rings. The van der Waals surface area contributed by atoms with E-state index in [-0.39, 0.29) is 30.1 Å². The van der Waals surface area contributed by atoms with Gasteiger partial charge in [0.15, 0.2) is 5.96 Å². The Bertz CT molecular complexity index is 656. The number of piperidine rings is 1. The van der Waals surface area contributed by atoms with E-state index >= 15 is 0 Å². The van der Waals surface area contributed by atoms with E-state index in [2.05, 4.69) is 57.4 Å². The molecule has 3 aliphatic heterocycles. The van der Waals surface area contributed by atoms with Crippen molar-refractivity contribution in [3.8, 4) is 0 Å². The van der Waals surface area contributed by atoms with E-state index in [0.29, 0.717) is 17.9 Å². The number of aliphatic imine (C=N–C) groups is 1. The second-order valence-electron chi connectivity index (χ2n) is 8.59. The maximum absolute atomic E-state index is 6.11. The van der Waals surface area contributed by atoms with Crippen LogP contribution < -0.4 is 5.32 Å². The number of benzene rings is 1. The molecule has 0 saturated carbocycles. The van der Waals surface area contributed by atoms with Crippen LogP contribution in [0.25, 0.3) is 0 Å². The number of hydrogen-bond donors (Lipinski definition) is 1. The van der Waals surface area contributed by atoms with Crippen molar-refractivity contribution in [2.24, 2.45) is 10.9 Å². The number of nitrogens with one attached hydrogen (secondary N) is 1. The molecule has 0 aromatic heterocycles. The Kier molecular flexibility index (Phi) is 8.62. The first kappa shape index (κ1) is 22.8. The largest absolute Gasteiger partial charge is 0.373 e. The van der Waals surface area contributed by atoms with Gasteiger partial charge >= 0.3 is 0 Å². The topological polar surface area (TPSA) is 40.1 Å². The first-order chi connectivity index (χ1) is 13.8. The second-order valence-corrected chi connectivity index (χ2v) is 8.59. The second kappa shape index (κ2) is 11.0. The summed E-state index contributed by atoms with van der Waals surface area (Å²) in [7, 11) is 1.91. The molecular formula is C23H37IN4O. The van der Waals surface area contributed by atoms with E-state index in [1.807, 2.05) is 7.05 Å². The van der Waals surface area contributed by atoms with Crippen LogP contribution in [0.15, 0.2) is 35.3 Å². The highest BCUT2D eigenvalue weighted by molar-refractivity contribution is 14.0. The minimum Gasteiger partial charge on any atom is -0.373 e. The molecule has 3 fully saturated rings. The molecule has 0 aliphatic carbocycles. The molecule has 4 rings (SSSR count). The monoisotopic (exact) mass is 512 g/mol. The Balaban J connectivity index is 0.00000240. The SMILES string of the molecule is CCC1CN(C(=NC)NCC2CN3CCCC3CO2)CCC1c1ccccc1.I. The van der Waals surface area contributed by atoms with Crippen LogP contribution in [-0.2, 0) is 4.74 Å². The van der Waals surface area contributed by atoms with Crippen molar-refractivity contribution in [3.63, 3.8) is 0 Å². The molecule has 3 aliphatic rings. The van der Waals surface area contributed by atoms with E-state index in [9.17, 15) is 0 Å². The van der Waals surface area contributed by atoms with Crippen molar-refractivity contribution in [1.82, 2.24) is 15.1 Å². The molecule has 1 aromatic carbocycles. The van der Waals surface area contributed by atoms with Crippen LogP contribution in [0.2, 0.25) is 0 Å². The molecule has 3 heterocycles. The summed E-state index contributed by atoms with van der Waals surface area (Å²) in [5.74, 6) is 2.37. The summed E-state index contributed by atoms with van der Waals surface area (Å²) >= 11 is 0. The van der Waals surface area contributed by atoms with Crippen LogP contribution in [0.5, 0.6) is 0 Å². The third-order valence-corrected chi connectivity index (χ3v) is 6.95. The van der Waals surface area contributed by atoms with Gasteiger partial charge in [-0.25, -0.2) is 0 Å². The van der Waals surface area contributed by atoms with Gasteiger partial charge in [0.2, 0.25) is 0 Å². The van der Waals surface area contributed by atoms with Gasteiger partial charge in [-0.1, -0.05) is 43.7 Å². The molecule has 6 heteroatoms. The number of guanidine groups is 1. The van der Waals surface area contributed by atoms with Gasteiger partial charge in [-0.05, 0) is 43.2 Å². The fourth-order valence-electron chi connectivity index (χ4n) is 5.32. The zero-order valence-electron chi connectivity index (χ0n) is 17.9. The minimum atomic E-state index is 0. The van der Waals surface area contributed by atoms with Crippen molar-refractivity contribution in [1.29, 1.82) is 0 Å². The molecule has 162 valence electrons. The average molecular weight is 512 g/mol. The Morgan fingerprint density at radius 3 is 2.76 bits per heavy atom. The lowest BCUT2D eigenvalue weighted by Crippen LogP contribution is -2.53. The number of fused-ring (bicyclic) bond motifs is 1. The molecule has 0 amide bonds. The van der Waals surface area contributed by atoms with Gasteiger partial charge in [-0.15, -0.1) is 24.0 Å². The van der Waals surface area contributed by atoms with Gasteiger partial charge in [-0.2, -0.15) is 0 Å². The van der Waals surface area contributed by atoms with Gasteiger partial charge < -0.3 is 15.0 Å². The van der Waals surface area contributed by atoms with Gasteiger partial charge in [0.05, 0.1) is 12.7 Å². The fourth-order valence-corrected chi connectivity index (χ4v) is 5.32. The van der Waals surface area contributed by atoms with E-state index in [1.54, 1.807) is 0 Å². The van der Waals surface area contributed by atoms with Gasteiger partial charge in [0, 0.05) is 39.3 Å². The van der Waals surface area contributed by atoms with E-state index in [0.717, 1.165) is 38.7 Å². The van der Waals surface area contributed by atoms with E-state index in [1.165, 1.54) is 37.8 Å². The molecule has 1 N–H and O–H groups in total. The van der Waals surface area contributed by atoms with Crippen molar-refractivity contribution in [3.05, 3.63) is 35.9 Å². The van der Waals surface area contributed by atoms with Gasteiger partial charge in [0.25, 0.3) is 0 Å². The van der Waals surface area contributed by atoms with Crippen LogP contribution in [-0.4, -0.2) is 74.3 Å². The predicted octanol–water partition coefficient (Wildman–Crippen LogP) is 3.56. The fraction of sp³-hybridized carbons (Fsp3) is 0.696. The maximum atomic E-state index is 6.11. The molecule has 29 heavy (non-hydrogen) atoms. The summed E-state index contributed by atoms with van der Waals surface area (Å²) in [6, 6.07) is 11.7. The number of hydrogen-bond acceptors (Lipinski definition) is 3. The van der Waals surface area contributed by atoms with Crippen LogP contribution >= 0.6 is 24.0 Å². The average Bonchev–Trinajstić information content (AvgIpc) is 3.22. The smallest absolute Gasteiger partial charge is 0.193 e. The van der Waals surface area contributed by atoms with Crippen LogP contribution in [0.4, 0.5) is 0 Å². The normalized spacial score (nSPS) is 30.6. The van der Waals surface area contributed by atoms with Gasteiger partial charge in [-0.3, -0.25) is 9.89 Å². The van der Waals surface area contributed by atoms with Crippen molar-refractivity contribution in [2.45, 2.75) is 50.7 Å². The highest BCUT2D eigenvalue weighted by atomic mass is 127. The molecule has 0 spiro atoms. The highest BCUT2D eigenvalue weighted by Gasteiger charge is 2.33. The lowest BCUT2D eigenvalue weighted by atomic mass is 9.79. The summed E-state index contributed by atoms with van der Waals surface area (Å²) in [6.45, 7) is 8.51. The van der Waals surface area contributed by atoms with Crippen molar-refractivity contribution >= 4 is 29.9 Å². The molecule has 4 atom stereocenters. The molecule has 5 nitrogen and oxygen atoms in total. The lowest BCUT2D eigenvalue weighted by molar-refractivity contribution is -0.0455. The first-order valence-electron chi connectivity index (χ1n) is 11.1. The van der Waals surface area contributed by atoms with Gasteiger partial charge in [0.1, 0.15) is 0 Å². The predicted molar refractivity (Wildman–Crippen MR) is 130 cm³/mol. The molecule has 0 bridgehead atoms. The Labute approximate surface area is 193 Å². The summed E-state index contributed by atoms with van der Waals surface area (Å²) in [5.41, 5.74) is 1.49. The molecule has 4 unspecified atom stereocenters. The Morgan fingerprint density at radius 2 is 2.00 bits per heavy atom. The van der Waals surface area contributed by atoms with Crippen LogP contribution in [0, 0.1) is 5.92 Å². The molecule has 3 saturated heterocycles. The lowest BCUT2D eigenvalue weighted by Gasteiger charge is -2.41. The number of halogens is 1. The van der Waals surface area contributed by atoms with Crippen molar-refractivity contribution < 1.29 is 4.74 Å². The van der Waals surface area contributed by atoms with Crippen LogP contribution in [0.3, 0.4) is 0 Å². The zero-order chi connectivity index (χ0) is 19.3. The Hall–Kier alpha value is -0.860. The minimum absolute atomic E-state index is 0. The summed E-state index contributed by atoms with van der Waals surface area (Å²) in [5, 5.41) is 3.61. The van der Waals surface area contributed by atoms with E-state index < -0.39 is 0 Å². The Morgan fingerprint density at radius 1 is 1.17 bits per heavy atom. The summed E-state index contributed by atoms with van der Waals surface area (Å²) in [4.78, 5) is 9.65.